The Labute approximate surface area is 134 Å². The molecule has 0 aliphatic heterocycles. The number of aromatic amines is 1. The summed E-state index contributed by atoms with van der Waals surface area (Å²) in [6, 6.07) is 2.75. The van der Waals surface area contributed by atoms with Crippen LogP contribution in [0.4, 0.5) is 13.2 Å². The maximum atomic E-state index is 12.8. The van der Waals surface area contributed by atoms with Crippen molar-refractivity contribution in [3.63, 3.8) is 0 Å². The molecule has 1 heterocycles. The van der Waals surface area contributed by atoms with E-state index in [2.05, 4.69) is 4.98 Å². The van der Waals surface area contributed by atoms with Crippen LogP contribution in [-0.4, -0.2) is 23.3 Å². The first-order valence-electron chi connectivity index (χ1n) is 6.86. The molecule has 2 aromatic rings. The molecule has 1 aromatic carbocycles. The highest BCUT2D eigenvalue weighted by molar-refractivity contribution is 7.99. The molecule has 23 heavy (non-hydrogen) atoms. The summed E-state index contributed by atoms with van der Waals surface area (Å²) in [6.45, 7) is 3.50. The number of esters is 1. The lowest BCUT2D eigenvalue weighted by Crippen LogP contribution is -2.20. The van der Waals surface area contributed by atoms with Crippen LogP contribution in [0.3, 0.4) is 0 Å². The van der Waals surface area contributed by atoms with Gasteiger partial charge in [-0.15, -0.1) is 11.8 Å². The standard InChI is InChI=1S/C15H14F3NO3S/c1-3-22-14(21)11-12(20)9-6-5-8(15(16,17)18)7-10(9)19-13(11)23-4-2/h5-7H,3-4H2,1-2H3,(H,19,20). The van der Waals surface area contributed by atoms with Crippen LogP contribution >= 0.6 is 11.8 Å². The number of fused-ring (bicyclic) bond motifs is 1. The summed E-state index contributed by atoms with van der Waals surface area (Å²) in [7, 11) is 0. The van der Waals surface area contributed by atoms with Crippen LogP contribution in [0.15, 0.2) is 28.0 Å². The van der Waals surface area contributed by atoms with Gasteiger partial charge in [-0.2, -0.15) is 13.2 Å². The number of benzene rings is 1. The molecule has 0 fully saturated rings. The highest BCUT2D eigenvalue weighted by atomic mass is 32.2. The van der Waals surface area contributed by atoms with E-state index < -0.39 is 23.1 Å². The molecule has 0 saturated carbocycles. The molecule has 124 valence electrons. The summed E-state index contributed by atoms with van der Waals surface area (Å²) in [5.74, 6) is -0.251. The molecule has 0 atom stereocenters. The molecule has 4 nitrogen and oxygen atoms in total. The smallest absolute Gasteiger partial charge is 0.416 e. The van der Waals surface area contributed by atoms with Gasteiger partial charge >= 0.3 is 12.1 Å². The second-order valence-electron chi connectivity index (χ2n) is 4.57. The van der Waals surface area contributed by atoms with Gasteiger partial charge < -0.3 is 9.72 Å². The van der Waals surface area contributed by atoms with Gasteiger partial charge in [0.1, 0.15) is 5.56 Å². The van der Waals surface area contributed by atoms with Crippen molar-refractivity contribution in [2.45, 2.75) is 25.0 Å². The lowest BCUT2D eigenvalue weighted by molar-refractivity contribution is -0.137. The number of alkyl halides is 3. The van der Waals surface area contributed by atoms with E-state index in [4.69, 9.17) is 4.74 Å². The molecule has 1 N–H and O–H groups in total. The third kappa shape index (κ3) is 3.52. The van der Waals surface area contributed by atoms with Crippen molar-refractivity contribution >= 4 is 28.6 Å². The molecule has 8 heteroatoms. The predicted molar refractivity (Wildman–Crippen MR) is 81.9 cm³/mol. The maximum absolute atomic E-state index is 12.8. The minimum atomic E-state index is -4.51. The summed E-state index contributed by atoms with van der Waals surface area (Å²) in [4.78, 5) is 27.2. The van der Waals surface area contributed by atoms with Gasteiger partial charge in [0, 0.05) is 5.39 Å². The van der Waals surface area contributed by atoms with E-state index >= 15 is 0 Å². The van der Waals surface area contributed by atoms with E-state index in [1.807, 2.05) is 0 Å². The number of H-pyrrole nitrogens is 1. The van der Waals surface area contributed by atoms with Crippen LogP contribution in [-0.2, 0) is 10.9 Å². The zero-order chi connectivity index (χ0) is 17.2. The molecular formula is C15H14F3NO3S. The fraction of sp³-hybridized carbons (Fsp3) is 0.333. The summed E-state index contributed by atoms with van der Waals surface area (Å²) in [5.41, 5.74) is -1.64. The van der Waals surface area contributed by atoms with Crippen LogP contribution in [0.25, 0.3) is 10.9 Å². The average Bonchev–Trinajstić information content (AvgIpc) is 2.46. The number of halogens is 3. The minimum Gasteiger partial charge on any atom is -0.462 e. The van der Waals surface area contributed by atoms with Crippen molar-refractivity contribution in [1.82, 2.24) is 4.98 Å². The number of rotatable bonds is 4. The first kappa shape index (κ1) is 17.4. The van der Waals surface area contributed by atoms with Crippen molar-refractivity contribution in [3.8, 4) is 0 Å². The Balaban J connectivity index is 2.73. The Bertz CT molecular complexity index is 799. The monoisotopic (exact) mass is 345 g/mol. The van der Waals surface area contributed by atoms with Crippen LogP contribution in [0.2, 0.25) is 0 Å². The first-order valence-corrected chi connectivity index (χ1v) is 7.85. The number of thioether (sulfide) groups is 1. The van der Waals surface area contributed by atoms with Crippen LogP contribution in [0, 0.1) is 0 Å². The van der Waals surface area contributed by atoms with E-state index in [0.717, 1.165) is 30.0 Å². The molecular weight excluding hydrogens is 331 g/mol. The molecule has 0 amide bonds. The first-order chi connectivity index (χ1) is 10.8. The second kappa shape index (κ2) is 6.66. The van der Waals surface area contributed by atoms with Crippen molar-refractivity contribution in [2.75, 3.05) is 12.4 Å². The number of hydrogen-bond donors (Lipinski definition) is 1. The number of carbonyl (C=O) groups is 1. The van der Waals surface area contributed by atoms with Crippen LogP contribution in [0.5, 0.6) is 0 Å². The molecule has 0 radical (unpaired) electrons. The number of ether oxygens (including phenoxy) is 1. The Morgan fingerprint density at radius 3 is 2.57 bits per heavy atom. The molecule has 0 aliphatic rings. The zero-order valence-electron chi connectivity index (χ0n) is 12.4. The normalized spacial score (nSPS) is 11.7. The van der Waals surface area contributed by atoms with Gasteiger partial charge in [0.2, 0.25) is 5.43 Å². The van der Waals surface area contributed by atoms with E-state index in [1.54, 1.807) is 13.8 Å². The van der Waals surface area contributed by atoms with E-state index in [1.165, 1.54) is 0 Å². The SMILES string of the molecule is CCOC(=O)c1c(SCC)[nH]c2cc(C(F)(F)F)ccc2c1=O. The fourth-order valence-electron chi connectivity index (χ4n) is 2.09. The maximum Gasteiger partial charge on any atom is 0.416 e. The minimum absolute atomic E-state index is 0.0153. The number of nitrogens with one attached hydrogen (secondary N) is 1. The number of hydrogen-bond acceptors (Lipinski definition) is 4. The summed E-state index contributed by atoms with van der Waals surface area (Å²) < 4.78 is 43.3. The Morgan fingerprint density at radius 1 is 1.30 bits per heavy atom. The summed E-state index contributed by atoms with van der Waals surface area (Å²) >= 11 is 1.16. The van der Waals surface area contributed by atoms with Gasteiger partial charge in [0.15, 0.2) is 0 Å². The average molecular weight is 345 g/mol. The number of carbonyl (C=O) groups excluding carboxylic acids is 1. The largest absolute Gasteiger partial charge is 0.462 e. The number of pyridine rings is 1. The highest BCUT2D eigenvalue weighted by Gasteiger charge is 2.31. The highest BCUT2D eigenvalue weighted by Crippen LogP contribution is 2.31. The Hall–Kier alpha value is -1.96. The molecule has 0 aliphatic carbocycles. The third-order valence-corrected chi connectivity index (χ3v) is 3.95. The molecule has 0 saturated heterocycles. The van der Waals surface area contributed by atoms with Gasteiger partial charge in [-0.1, -0.05) is 6.92 Å². The van der Waals surface area contributed by atoms with Crippen molar-refractivity contribution in [3.05, 3.63) is 39.5 Å². The third-order valence-electron chi connectivity index (χ3n) is 3.06. The Kier molecular flexibility index (Phi) is 5.03. The zero-order valence-corrected chi connectivity index (χ0v) is 13.2. The van der Waals surface area contributed by atoms with E-state index in [0.29, 0.717) is 5.75 Å². The van der Waals surface area contributed by atoms with E-state index in [9.17, 15) is 22.8 Å². The van der Waals surface area contributed by atoms with Gasteiger partial charge in [0.05, 0.1) is 22.7 Å². The van der Waals surface area contributed by atoms with Gasteiger partial charge in [0.25, 0.3) is 0 Å². The second-order valence-corrected chi connectivity index (χ2v) is 5.84. The van der Waals surface area contributed by atoms with Gasteiger partial charge in [-0.05, 0) is 30.9 Å². The van der Waals surface area contributed by atoms with Crippen LogP contribution < -0.4 is 5.43 Å². The van der Waals surface area contributed by atoms with Crippen molar-refractivity contribution in [2.24, 2.45) is 0 Å². The number of aromatic nitrogens is 1. The summed E-state index contributed by atoms with van der Waals surface area (Å²) in [5, 5.41) is 0.226. The quantitative estimate of drug-likeness (QED) is 0.676. The lowest BCUT2D eigenvalue weighted by Gasteiger charge is -2.11. The predicted octanol–water partition coefficient (Wildman–Crippen LogP) is 3.84. The van der Waals surface area contributed by atoms with Crippen molar-refractivity contribution in [1.29, 1.82) is 0 Å². The molecule has 0 unspecified atom stereocenters. The molecule has 1 aromatic heterocycles. The molecule has 2 rings (SSSR count). The van der Waals surface area contributed by atoms with Crippen LogP contribution in [0.1, 0.15) is 29.8 Å². The van der Waals surface area contributed by atoms with Gasteiger partial charge in [-0.3, -0.25) is 4.79 Å². The molecule has 0 bridgehead atoms. The fourth-order valence-corrected chi connectivity index (χ4v) is 2.88. The topological polar surface area (TPSA) is 59.2 Å². The lowest BCUT2D eigenvalue weighted by atomic mass is 10.1. The molecule has 0 spiro atoms. The van der Waals surface area contributed by atoms with E-state index in [-0.39, 0.29) is 28.1 Å². The Morgan fingerprint density at radius 2 is 2.00 bits per heavy atom. The van der Waals surface area contributed by atoms with Gasteiger partial charge in [-0.25, -0.2) is 4.79 Å². The summed E-state index contributed by atoms with van der Waals surface area (Å²) in [6.07, 6.45) is -4.51. The van der Waals surface area contributed by atoms with Crippen molar-refractivity contribution < 1.29 is 22.7 Å².